The van der Waals surface area contributed by atoms with Gasteiger partial charge in [-0.2, -0.15) is 0 Å². The van der Waals surface area contributed by atoms with Gasteiger partial charge in [-0.3, -0.25) is 0 Å². The van der Waals surface area contributed by atoms with E-state index in [1.807, 2.05) is 0 Å². The molecule has 0 spiro atoms. The molecule has 0 amide bonds. The molecular formula is C3H6AlN. The molecule has 0 aliphatic rings. The Labute approximate surface area is 39.9 Å². The molecule has 0 saturated heterocycles. The molecule has 0 fully saturated rings. The second-order valence-electron chi connectivity index (χ2n) is 0.695. The summed E-state index contributed by atoms with van der Waals surface area (Å²) in [5.74, 6) is 0. The van der Waals surface area contributed by atoms with Crippen LogP contribution in [-0.2, 0) is 0 Å². The molecule has 0 atom stereocenters. The first-order chi connectivity index (χ1) is 2.41. The Hall–Kier alpha value is 0.0725. The summed E-state index contributed by atoms with van der Waals surface area (Å²) in [4.78, 5) is 0. The molecule has 0 unspecified atom stereocenters. The fourth-order valence-electron chi connectivity index (χ4n) is 0.0913. The maximum absolute atomic E-state index is 3.76. The summed E-state index contributed by atoms with van der Waals surface area (Å²) in [5, 5.41) is 0. The van der Waals surface area contributed by atoms with Gasteiger partial charge >= 0.3 is 39.2 Å². The third-order valence-electron chi connectivity index (χ3n) is 0.258. The molecule has 0 aromatic carbocycles. The van der Waals surface area contributed by atoms with E-state index in [1.165, 1.54) is 0 Å². The van der Waals surface area contributed by atoms with Crippen molar-refractivity contribution < 1.29 is 0 Å². The van der Waals surface area contributed by atoms with Crippen molar-refractivity contribution in [1.82, 2.24) is 0 Å². The van der Waals surface area contributed by atoms with Crippen molar-refractivity contribution in [3.05, 3.63) is 12.7 Å². The average Bonchev–Trinajstić information content (AvgIpc) is 1.41. The molecule has 5 heavy (non-hydrogen) atoms. The zero-order chi connectivity index (χ0) is 4.12. The molecule has 0 bridgehead atoms. The second kappa shape index (κ2) is 4.07. The van der Waals surface area contributed by atoms with Crippen LogP contribution in [0.2, 0.25) is 0 Å². The van der Waals surface area contributed by atoms with E-state index in [0.717, 1.165) is 6.54 Å². The molecule has 2 heteroatoms. The van der Waals surface area contributed by atoms with Crippen molar-refractivity contribution >= 4 is 16.1 Å². The Morgan fingerprint density at radius 3 is 2.60 bits per heavy atom. The zero-order valence-corrected chi connectivity index (χ0v) is 4.56. The molecule has 0 aromatic rings. The molecule has 0 radical (unpaired) electrons. The predicted octanol–water partition coefficient (Wildman–Crippen LogP) is 0.257. The van der Waals surface area contributed by atoms with Crippen molar-refractivity contribution in [2.75, 3.05) is 6.54 Å². The van der Waals surface area contributed by atoms with Crippen molar-refractivity contribution in [3.63, 3.8) is 0 Å². The summed E-state index contributed by atoms with van der Waals surface area (Å²) >= 11 is 1.60. The van der Waals surface area contributed by atoms with Crippen molar-refractivity contribution in [2.24, 2.45) is 3.93 Å². The van der Waals surface area contributed by atoms with Crippen LogP contribution >= 0.6 is 0 Å². The molecule has 0 saturated carbocycles. The first-order valence-electron chi connectivity index (χ1n) is 1.45. The Morgan fingerprint density at radius 2 is 2.60 bits per heavy atom. The van der Waals surface area contributed by atoms with Gasteiger partial charge in [0.2, 0.25) is 0 Å². The molecule has 0 aliphatic carbocycles. The summed E-state index contributed by atoms with van der Waals surface area (Å²) in [6, 6.07) is 0. The Balaban J connectivity index is 2.65. The van der Waals surface area contributed by atoms with Crippen LogP contribution in [0, 0.1) is 0 Å². The van der Waals surface area contributed by atoms with Gasteiger partial charge < -0.3 is 0 Å². The van der Waals surface area contributed by atoms with Gasteiger partial charge in [0.05, 0.1) is 0 Å². The van der Waals surface area contributed by atoms with Gasteiger partial charge in [0.25, 0.3) is 0 Å². The predicted molar refractivity (Wildman–Crippen MR) is 24.6 cm³/mol. The van der Waals surface area contributed by atoms with Crippen LogP contribution in [0.3, 0.4) is 0 Å². The first-order valence-corrected chi connectivity index (χ1v) is 2.08. The number of hydrogen-bond acceptors (Lipinski definition) is 1. The molecule has 1 nitrogen and oxygen atoms in total. The normalized spacial score (nSPS) is 6.20. The van der Waals surface area contributed by atoms with Crippen LogP contribution in [0.25, 0.3) is 0 Å². The van der Waals surface area contributed by atoms with Crippen molar-refractivity contribution in [1.29, 1.82) is 0 Å². The number of hydrogen-bond donors (Lipinski definition) is 0. The molecule has 0 heterocycles. The van der Waals surface area contributed by atoms with Crippen LogP contribution in [-0.4, -0.2) is 22.6 Å². The number of rotatable bonds is 2. The molecular weight excluding hydrogens is 77.0 g/mol. The Kier molecular flexibility index (Phi) is 4.13. The Morgan fingerprint density at radius 1 is 2.00 bits per heavy atom. The summed E-state index contributed by atoms with van der Waals surface area (Å²) in [7, 11) is 0. The third-order valence-corrected chi connectivity index (χ3v) is 0.516. The molecule has 0 N–H and O–H groups in total. The zero-order valence-electron chi connectivity index (χ0n) is 3.15. The van der Waals surface area contributed by atoms with Crippen molar-refractivity contribution in [2.45, 2.75) is 0 Å². The van der Waals surface area contributed by atoms with Gasteiger partial charge in [-0.15, -0.1) is 0 Å². The van der Waals surface area contributed by atoms with Gasteiger partial charge in [0.15, 0.2) is 0 Å². The monoisotopic (exact) mass is 83.0 g/mol. The van der Waals surface area contributed by atoms with Gasteiger partial charge in [0, 0.05) is 0 Å². The van der Waals surface area contributed by atoms with E-state index in [2.05, 4.69) is 10.5 Å². The van der Waals surface area contributed by atoms with Crippen LogP contribution in [0.15, 0.2) is 16.6 Å². The third kappa shape index (κ3) is 4.07. The molecule has 0 aromatic heterocycles. The van der Waals surface area contributed by atoms with E-state index in [-0.39, 0.29) is 0 Å². The summed E-state index contributed by atoms with van der Waals surface area (Å²) in [6.07, 6.45) is 1.77. The SMILES string of the molecule is C=CC[N]=[AlH]. The van der Waals surface area contributed by atoms with Crippen LogP contribution in [0.5, 0.6) is 0 Å². The average molecular weight is 83.1 g/mol. The molecule has 0 rings (SSSR count). The van der Waals surface area contributed by atoms with E-state index < -0.39 is 0 Å². The summed E-state index contributed by atoms with van der Waals surface area (Å²) < 4.78 is 3.76. The van der Waals surface area contributed by atoms with Crippen molar-refractivity contribution in [3.8, 4) is 0 Å². The quantitative estimate of drug-likeness (QED) is 0.335. The fourth-order valence-corrected chi connectivity index (χ4v) is 0.274. The van der Waals surface area contributed by atoms with E-state index >= 15 is 0 Å². The topological polar surface area (TPSA) is 12.4 Å². The van der Waals surface area contributed by atoms with Gasteiger partial charge in [-0.1, -0.05) is 0 Å². The van der Waals surface area contributed by atoms with E-state index in [1.54, 1.807) is 22.2 Å². The van der Waals surface area contributed by atoms with E-state index in [0.29, 0.717) is 0 Å². The summed E-state index contributed by atoms with van der Waals surface area (Å²) in [5.41, 5.74) is 0. The van der Waals surface area contributed by atoms with Crippen LogP contribution in [0.1, 0.15) is 0 Å². The standard InChI is InChI=1S/C3H5N.Al.H/c1-2-3-4;;/h2H,1,3H2;;. The second-order valence-corrected chi connectivity index (χ2v) is 1.14. The van der Waals surface area contributed by atoms with Gasteiger partial charge in [-0.25, -0.2) is 0 Å². The summed E-state index contributed by atoms with van der Waals surface area (Å²) in [6.45, 7) is 4.25. The molecule has 0 aliphatic heterocycles. The molecule has 26 valence electrons. The van der Waals surface area contributed by atoms with E-state index in [9.17, 15) is 0 Å². The van der Waals surface area contributed by atoms with E-state index in [4.69, 9.17) is 0 Å². The van der Waals surface area contributed by atoms with Gasteiger partial charge in [0.1, 0.15) is 0 Å². The Bertz CT molecular complexity index is 36.2. The fraction of sp³-hybridized carbons (Fsp3) is 0.333. The van der Waals surface area contributed by atoms with Crippen LogP contribution in [0.4, 0.5) is 0 Å². The first kappa shape index (κ1) is 5.07. The van der Waals surface area contributed by atoms with Crippen LogP contribution < -0.4 is 0 Å². The minimum atomic E-state index is 0.790. The van der Waals surface area contributed by atoms with Gasteiger partial charge in [-0.05, 0) is 0 Å². The minimum absolute atomic E-state index is 0.790. The number of nitrogens with zero attached hydrogens (tertiary/aromatic N) is 1. The maximum atomic E-state index is 3.76.